The topological polar surface area (TPSA) is 85.2 Å². The number of nitrogen functional groups attached to an aromatic ring is 1. The Balaban J connectivity index is 2.01. The van der Waals surface area contributed by atoms with Gasteiger partial charge < -0.3 is 16.4 Å². The number of aromatic nitrogens is 1. The third-order valence-corrected chi connectivity index (χ3v) is 4.28. The number of primary amides is 1. The zero-order chi connectivity index (χ0) is 12.7. The molecule has 1 aliphatic rings. The minimum atomic E-state index is -0.272. The van der Waals surface area contributed by atoms with Gasteiger partial charge in [-0.25, -0.2) is 4.98 Å². The van der Waals surface area contributed by atoms with Crippen LogP contribution in [0.4, 0.5) is 10.8 Å². The summed E-state index contributed by atoms with van der Waals surface area (Å²) in [7, 11) is 0. The number of benzene rings is 1. The van der Waals surface area contributed by atoms with Gasteiger partial charge in [-0.3, -0.25) is 4.79 Å². The van der Waals surface area contributed by atoms with E-state index in [1.807, 2.05) is 23.1 Å². The zero-order valence-corrected chi connectivity index (χ0v) is 10.6. The van der Waals surface area contributed by atoms with Crippen LogP contribution in [0.2, 0.25) is 0 Å². The summed E-state index contributed by atoms with van der Waals surface area (Å²) >= 11 is 1.56. The number of anilines is 2. The quantitative estimate of drug-likeness (QED) is 0.800. The number of nitrogens with two attached hydrogens (primary N) is 2. The largest absolute Gasteiger partial charge is 0.399 e. The molecule has 0 spiro atoms. The number of amides is 1. The van der Waals surface area contributed by atoms with Crippen LogP contribution in [0.15, 0.2) is 18.2 Å². The van der Waals surface area contributed by atoms with E-state index in [0.717, 1.165) is 40.4 Å². The van der Waals surface area contributed by atoms with E-state index in [-0.39, 0.29) is 11.9 Å². The van der Waals surface area contributed by atoms with E-state index in [4.69, 9.17) is 11.5 Å². The molecule has 5 nitrogen and oxygen atoms in total. The Morgan fingerprint density at radius 3 is 3.11 bits per heavy atom. The number of hydrogen-bond acceptors (Lipinski definition) is 5. The SMILES string of the molecule is NC(=O)C1CCCN1c1nc2ccc(N)cc2s1. The van der Waals surface area contributed by atoms with Crippen LogP contribution in [-0.2, 0) is 4.79 Å². The van der Waals surface area contributed by atoms with E-state index < -0.39 is 0 Å². The molecule has 1 unspecified atom stereocenters. The van der Waals surface area contributed by atoms with Crippen molar-refractivity contribution in [1.82, 2.24) is 4.98 Å². The monoisotopic (exact) mass is 262 g/mol. The molecule has 1 atom stereocenters. The Morgan fingerprint density at radius 2 is 2.33 bits per heavy atom. The van der Waals surface area contributed by atoms with Crippen LogP contribution < -0.4 is 16.4 Å². The van der Waals surface area contributed by atoms with E-state index in [2.05, 4.69) is 4.98 Å². The molecule has 1 fully saturated rings. The maximum Gasteiger partial charge on any atom is 0.240 e. The van der Waals surface area contributed by atoms with E-state index in [0.29, 0.717) is 0 Å². The lowest BCUT2D eigenvalue weighted by Crippen LogP contribution is -2.40. The molecule has 2 aromatic rings. The average molecular weight is 262 g/mol. The highest BCUT2D eigenvalue weighted by Gasteiger charge is 2.31. The Hall–Kier alpha value is -1.82. The molecular formula is C12H14N4OS. The van der Waals surface area contributed by atoms with Crippen molar-refractivity contribution < 1.29 is 4.79 Å². The van der Waals surface area contributed by atoms with Crippen molar-refractivity contribution in [2.75, 3.05) is 17.2 Å². The molecule has 2 heterocycles. The fourth-order valence-corrected chi connectivity index (χ4v) is 3.43. The first-order valence-corrected chi connectivity index (χ1v) is 6.69. The minimum absolute atomic E-state index is 0.220. The second kappa shape index (κ2) is 4.13. The van der Waals surface area contributed by atoms with E-state index >= 15 is 0 Å². The van der Waals surface area contributed by atoms with Gasteiger partial charge in [0.05, 0.1) is 10.2 Å². The molecule has 1 aliphatic heterocycles. The van der Waals surface area contributed by atoms with Gasteiger partial charge in [0.15, 0.2) is 5.13 Å². The number of carbonyl (C=O) groups is 1. The molecule has 3 rings (SSSR count). The van der Waals surface area contributed by atoms with Crippen LogP contribution in [-0.4, -0.2) is 23.5 Å². The molecule has 1 amide bonds. The molecule has 0 radical (unpaired) electrons. The Morgan fingerprint density at radius 1 is 1.50 bits per heavy atom. The highest BCUT2D eigenvalue weighted by Crippen LogP contribution is 2.33. The molecular weight excluding hydrogens is 248 g/mol. The molecule has 6 heteroatoms. The number of rotatable bonds is 2. The molecule has 1 aromatic carbocycles. The summed E-state index contributed by atoms with van der Waals surface area (Å²) in [4.78, 5) is 17.9. The normalized spacial score (nSPS) is 19.6. The van der Waals surface area contributed by atoms with Gasteiger partial charge >= 0.3 is 0 Å². The van der Waals surface area contributed by atoms with Crippen molar-refractivity contribution in [1.29, 1.82) is 0 Å². The number of nitrogens with zero attached hydrogens (tertiary/aromatic N) is 2. The summed E-state index contributed by atoms with van der Waals surface area (Å²) in [5.41, 5.74) is 12.8. The Bertz CT molecular complexity index is 609. The Kier molecular flexibility index (Phi) is 2.59. The standard InChI is InChI=1S/C12H14N4OS/c13-7-3-4-8-10(6-7)18-12(15-8)16-5-1-2-9(16)11(14)17/h3-4,6,9H,1-2,5,13H2,(H2,14,17). The summed E-state index contributed by atoms with van der Waals surface area (Å²) in [6, 6.07) is 5.43. The second-order valence-corrected chi connectivity index (χ2v) is 5.49. The number of fused-ring (bicyclic) bond motifs is 1. The molecule has 1 aromatic heterocycles. The van der Waals surface area contributed by atoms with Gasteiger partial charge in [-0.05, 0) is 31.0 Å². The van der Waals surface area contributed by atoms with Crippen molar-refractivity contribution in [2.24, 2.45) is 5.73 Å². The smallest absolute Gasteiger partial charge is 0.240 e. The molecule has 1 saturated heterocycles. The van der Waals surface area contributed by atoms with Crippen molar-refractivity contribution in [3.63, 3.8) is 0 Å². The van der Waals surface area contributed by atoms with E-state index in [1.54, 1.807) is 11.3 Å². The number of carbonyl (C=O) groups excluding carboxylic acids is 1. The second-order valence-electron chi connectivity index (χ2n) is 4.48. The van der Waals surface area contributed by atoms with Gasteiger partial charge in [0.25, 0.3) is 0 Å². The molecule has 4 N–H and O–H groups in total. The van der Waals surface area contributed by atoms with Gasteiger partial charge in [-0.1, -0.05) is 11.3 Å². The number of hydrogen-bond donors (Lipinski definition) is 2. The van der Waals surface area contributed by atoms with Crippen molar-refractivity contribution >= 4 is 38.3 Å². The van der Waals surface area contributed by atoms with Crippen LogP contribution >= 0.6 is 11.3 Å². The van der Waals surface area contributed by atoms with Crippen LogP contribution in [0.5, 0.6) is 0 Å². The highest BCUT2D eigenvalue weighted by molar-refractivity contribution is 7.22. The summed E-state index contributed by atoms with van der Waals surface area (Å²) in [5.74, 6) is -0.272. The maximum absolute atomic E-state index is 11.4. The predicted octanol–water partition coefficient (Wildman–Crippen LogP) is 1.33. The zero-order valence-electron chi connectivity index (χ0n) is 9.80. The molecule has 0 bridgehead atoms. The van der Waals surface area contributed by atoms with E-state index in [1.165, 1.54) is 0 Å². The molecule has 18 heavy (non-hydrogen) atoms. The summed E-state index contributed by atoms with van der Waals surface area (Å²) in [6.45, 7) is 0.836. The third kappa shape index (κ3) is 1.78. The molecule has 0 saturated carbocycles. The lowest BCUT2D eigenvalue weighted by Gasteiger charge is -2.20. The van der Waals surface area contributed by atoms with Crippen LogP contribution in [0.25, 0.3) is 10.2 Å². The average Bonchev–Trinajstić information content (AvgIpc) is 2.93. The van der Waals surface area contributed by atoms with Gasteiger partial charge in [0, 0.05) is 12.2 Å². The van der Waals surface area contributed by atoms with Crippen LogP contribution in [0.3, 0.4) is 0 Å². The molecule has 0 aliphatic carbocycles. The fourth-order valence-electron chi connectivity index (χ4n) is 2.34. The van der Waals surface area contributed by atoms with Gasteiger partial charge in [0.2, 0.25) is 5.91 Å². The predicted molar refractivity (Wildman–Crippen MR) is 73.6 cm³/mol. The summed E-state index contributed by atoms with van der Waals surface area (Å²) in [5, 5.41) is 0.858. The van der Waals surface area contributed by atoms with Crippen LogP contribution in [0.1, 0.15) is 12.8 Å². The highest BCUT2D eigenvalue weighted by atomic mass is 32.1. The maximum atomic E-state index is 11.4. The first-order chi connectivity index (χ1) is 8.65. The molecule has 94 valence electrons. The van der Waals surface area contributed by atoms with Gasteiger partial charge in [-0.15, -0.1) is 0 Å². The minimum Gasteiger partial charge on any atom is -0.399 e. The number of thiazole rings is 1. The first kappa shape index (κ1) is 11.3. The van der Waals surface area contributed by atoms with Gasteiger partial charge in [-0.2, -0.15) is 0 Å². The van der Waals surface area contributed by atoms with Crippen molar-refractivity contribution in [3.05, 3.63) is 18.2 Å². The van der Waals surface area contributed by atoms with Crippen molar-refractivity contribution in [3.8, 4) is 0 Å². The first-order valence-electron chi connectivity index (χ1n) is 5.87. The van der Waals surface area contributed by atoms with Crippen LogP contribution in [0, 0.1) is 0 Å². The third-order valence-electron chi connectivity index (χ3n) is 3.23. The summed E-state index contributed by atoms with van der Waals surface area (Å²) < 4.78 is 1.04. The van der Waals surface area contributed by atoms with Crippen molar-refractivity contribution in [2.45, 2.75) is 18.9 Å². The lowest BCUT2D eigenvalue weighted by molar-refractivity contribution is -0.119. The summed E-state index contributed by atoms with van der Waals surface area (Å²) in [6.07, 6.45) is 1.79. The Labute approximate surface area is 108 Å². The lowest BCUT2D eigenvalue weighted by atomic mass is 10.2. The fraction of sp³-hybridized carbons (Fsp3) is 0.333. The van der Waals surface area contributed by atoms with E-state index in [9.17, 15) is 4.79 Å². The van der Waals surface area contributed by atoms with Gasteiger partial charge in [0.1, 0.15) is 6.04 Å².